The van der Waals surface area contributed by atoms with Crippen LogP contribution in [0.5, 0.6) is 0 Å². The minimum Gasteiger partial charge on any atom is -0.385 e. The van der Waals surface area contributed by atoms with E-state index in [-0.39, 0.29) is 0 Å². The van der Waals surface area contributed by atoms with E-state index in [1.54, 1.807) is 12.4 Å². The van der Waals surface area contributed by atoms with Gasteiger partial charge in [0.15, 0.2) is 0 Å². The van der Waals surface area contributed by atoms with Crippen LogP contribution in [0.3, 0.4) is 0 Å². The molecule has 0 saturated heterocycles. The van der Waals surface area contributed by atoms with E-state index >= 15 is 0 Å². The predicted molar refractivity (Wildman–Crippen MR) is 88.2 cm³/mol. The molecule has 1 aromatic heterocycles. The standard InChI is InChI=1S/C16H23N5/c1-10(2)8-19-15(17)7-16(18)21-9-20-13-5-11(3)12(4)6-14(13)21/h5-7,9-10H,8,18H2,1-4H3,(H2,17,19)/b16-7+. The summed E-state index contributed by atoms with van der Waals surface area (Å²) in [5.74, 6) is 1.29. The molecule has 1 heterocycles. The number of amidine groups is 1. The summed E-state index contributed by atoms with van der Waals surface area (Å²) in [6, 6.07) is 4.13. The molecule has 0 bridgehead atoms. The normalized spacial score (nSPS) is 12.1. The molecule has 0 fully saturated rings. The van der Waals surface area contributed by atoms with Crippen LogP contribution in [0.25, 0.3) is 16.9 Å². The Morgan fingerprint density at radius 1 is 1.38 bits per heavy atom. The summed E-state index contributed by atoms with van der Waals surface area (Å²) in [5.41, 5.74) is 10.4. The molecular formula is C16H23N5. The number of nitrogens with zero attached hydrogens (tertiary/aromatic N) is 2. The SMILES string of the molecule is Cc1cc2ncn(/C(N)=C/C(=N)NCC(C)C)c2cc1C. The van der Waals surface area contributed by atoms with Gasteiger partial charge in [0.2, 0.25) is 0 Å². The third kappa shape index (κ3) is 3.42. The van der Waals surface area contributed by atoms with Crippen molar-refractivity contribution < 1.29 is 0 Å². The first kappa shape index (κ1) is 15.1. The Hall–Kier alpha value is -2.30. The van der Waals surface area contributed by atoms with Crippen LogP contribution in [0.4, 0.5) is 0 Å². The van der Waals surface area contributed by atoms with Crippen LogP contribution in [-0.4, -0.2) is 21.9 Å². The summed E-state index contributed by atoms with van der Waals surface area (Å²) < 4.78 is 1.81. The Bertz CT molecular complexity index is 694. The van der Waals surface area contributed by atoms with Gasteiger partial charge in [0.1, 0.15) is 18.0 Å². The van der Waals surface area contributed by atoms with Crippen molar-refractivity contribution >= 4 is 22.7 Å². The fraction of sp³-hybridized carbons (Fsp3) is 0.375. The number of hydrogen-bond donors (Lipinski definition) is 3. The summed E-state index contributed by atoms with van der Waals surface area (Å²) in [6.45, 7) is 9.09. The molecule has 0 radical (unpaired) electrons. The van der Waals surface area contributed by atoms with Gasteiger partial charge < -0.3 is 11.1 Å². The Morgan fingerprint density at radius 3 is 2.71 bits per heavy atom. The molecule has 0 unspecified atom stereocenters. The summed E-state index contributed by atoms with van der Waals surface area (Å²) in [4.78, 5) is 4.37. The maximum absolute atomic E-state index is 7.90. The number of nitrogens with two attached hydrogens (primary N) is 1. The lowest BCUT2D eigenvalue weighted by atomic mass is 10.1. The van der Waals surface area contributed by atoms with E-state index in [0.29, 0.717) is 17.6 Å². The zero-order valence-corrected chi connectivity index (χ0v) is 13.1. The highest BCUT2D eigenvalue weighted by atomic mass is 15.1. The van der Waals surface area contributed by atoms with Gasteiger partial charge in [0.25, 0.3) is 0 Å². The van der Waals surface area contributed by atoms with Crippen LogP contribution in [0.2, 0.25) is 0 Å². The monoisotopic (exact) mass is 285 g/mol. The Kier molecular flexibility index (Phi) is 4.31. The van der Waals surface area contributed by atoms with Crippen molar-refractivity contribution in [2.75, 3.05) is 6.54 Å². The van der Waals surface area contributed by atoms with Gasteiger partial charge in [-0.3, -0.25) is 9.98 Å². The molecule has 0 spiro atoms. The first-order valence-electron chi connectivity index (χ1n) is 7.12. The second kappa shape index (κ2) is 5.99. The van der Waals surface area contributed by atoms with Gasteiger partial charge >= 0.3 is 0 Å². The number of hydrogen-bond acceptors (Lipinski definition) is 3. The molecule has 5 heteroatoms. The van der Waals surface area contributed by atoms with Gasteiger partial charge in [-0.2, -0.15) is 0 Å². The largest absolute Gasteiger partial charge is 0.385 e. The lowest BCUT2D eigenvalue weighted by Crippen LogP contribution is -2.26. The Balaban J connectivity index is 2.29. The van der Waals surface area contributed by atoms with Crippen molar-refractivity contribution in [3.8, 4) is 0 Å². The highest BCUT2D eigenvalue weighted by molar-refractivity contribution is 5.95. The summed E-state index contributed by atoms with van der Waals surface area (Å²) in [6.07, 6.45) is 3.32. The minimum atomic E-state index is 0.312. The van der Waals surface area contributed by atoms with E-state index in [0.717, 1.165) is 17.6 Å². The topological polar surface area (TPSA) is 79.7 Å². The van der Waals surface area contributed by atoms with Crippen LogP contribution in [0.15, 0.2) is 24.5 Å². The molecule has 4 N–H and O–H groups in total. The molecule has 2 aromatic rings. The fourth-order valence-corrected chi connectivity index (χ4v) is 2.05. The summed E-state index contributed by atoms with van der Waals surface area (Å²) in [5, 5.41) is 10.9. The van der Waals surface area contributed by atoms with Crippen LogP contribution >= 0.6 is 0 Å². The summed E-state index contributed by atoms with van der Waals surface area (Å²) in [7, 11) is 0. The zero-order chi connectivity index (χ0) is 15.6. The number of benzene rings is 1. The Morgan fingerprint density at radius 2 is 2.05 bits per heavy atom. The maximum atomic E-state index is 7.90. The molecule has 5 nitrogen and oxygen atoms in total. The van der Waals surface area contributed by atoms with Crippen LogP contribution in [-0.2, 0) is 0 Å². The molecular weight excluding hydrogens is 262 g/mol. The molecule has 0 aliphatic rings. The lowest BCUT2D eigenvalue weighted by Gasteiger charge is -2.09. The van der Waals surface area contributed by atoms with E-state index in [2.05, 4.69) is 50.1 Å². The maximum Gasteiger partial charge on any atom is 0.121 e. The number of nitrogens with one attached hydrogen (secondary N) is 2. The number of imidazole rings is 1. The van der Waals surface area contributed by atoms with Gasteiger partial charge in [0.05, 0.1) is 11.0 Å². The molecule has 0 saturated carbocycles. The number of aryl methyl sites for hydroxylation is 2. The molecule has 2 rings (SSSR count). The van der Waals surface area contributed by atoms with Crippen molar-refractivity contribution in [1.29, 1.82) is 5.41 Å². The number of rotatable bonds is 4. The van der Waals surface area contributed by atoms with Gasteiger partial charge in [-0.05, 0) is 43.0 Å². The zero-order valence-electron chi connectivity index (χ0n) is 13.1. The highest BCUT2D eigenvalue weighted by Crippen LogP contribution is 2.19. The van der Waals surface area contributed by atoms with Crippen molar-refractivity contribution in [1.82, 2.24) is 14.9 Å². The average Bonchev–Trinajstić information content (AvgIpc) is 2.80. The number of aromatic nitrogens is 2. The van der Waals surface area contributed by atoms with Crippen molar-refractivity contribution in [2.24, 2.45) is 11.7 Å². The lowest BCUT2D eigenvalue weighted by molar-refractivity contribution is 0.624. The summed E-state index contributed by atoms with van der Waals surface area (Å²) >= 11 is 0. The van der Waals surface area contributed by atoms with E-state index in [4.69, 9.17) is 11.1 Å². The first-order chi connectivity index (χ1) is 9.88. The molecule has 0 atom stereocenters. The smallest absolute Gasteiger partial charge is 0.121 e. The fourth-order valence-electron chi connectivity index (χ4n) is 2.05. The van der Waals surface area contributed by atoms with E-state index in [9.17, 15) is 0 Å². The van der Waals surface area contributed by atoms with Gasteiger partial charge in [-0.15, -0.1) is 0 Å². The molecule has 1 aromatic carbocycles. The van der Waals surface area contributed by atoms with Crippen LogP contribution < -0.4 is 11.1 Å². The van der Waals surface area contributed by atoms with Crippen LogP contribution in [0.1, 0.15) is 25.0 Å². The van der Waals surface area contributed by atoms with Gasteiger partial charge in [-0.1, -0.05) is 13.8 Å². The van der Waals surface area contributed by atoms with E-state index < -0.39 is 0 Å². The van der Waals surface area contributed by atoms with Crippen molar-refractivity contribution in [2.45, 2.75) is 27.7 Å². The second-order valence-corrected chi connectivity index (χ2v) is 5.80. The van der Waals surface area contributed by atoms with Gasteiger partial charge in [0, 0.05) is 12.6 Å². The molecule has 21 heavy (non-hydrogen) atoms. The first-order valence-corrected chi connectivity index (χ1v) is 7.12. The van der Waals surface area contributed by atoms with Crippen molar-refractivity contribution in [3.05, 3.63) is 35.7 Å². The third-order valence-electron chi connectivity index (χ3n) is 3.43. The number of fused-ring (bicyclic) bond motifs is 1. The third-order valence-corrected chi connectivity index (χ3v) is 3.43. The molecule has 0 aliphatic heterocycles. The minimum absolute atomic E-state index is 0.312. The van der Waals surface area contributed by atoms with E-state index in [1.165, 1.54) is 11.1 Å². The molecule has 112 valence electrons. The van der Waals surface area contributed by atoms with Crippen LogP contribution in [0, 0.1) is 25.2 Å². The van der Waals surface area contributed by atoms with Gasteiger partial charge in [-0.25, -0.2) is 4.98 Å². The highest BCUT2D eigenvalue weighted by Gasteiger charge is 2.07. The average molecular weight is 285 g/mol. The molecule has 0 amide bonds. The van der Waals surface area contributed by atoms with E-state index in [1.807, 2.05) is 4.57 Å². The quantitative estimate of drug-likeness (QED) is 0.597. The predicted octanol–water partition coefficient (Wildman–Crippen LogP) is 2.63. The second-order valence-electron chi connectivity index (χ2n) is 5.80. The molecule has 0 aliphatic carbocycles. The van der Waals surface area contributed by atoms with Crippen molar-refractivity contribution in [3.63, 3.8) is 0 Å². The Labute approximate surface area is 125 Å².